The molecule has 0 amide bonds. The lowest BCUT2D eigenvalue weighted by Crippen LogP contribution is -2.45. The number of benzene rings is 1. The minimum absolute atomic E-state index is 0.0672. The first kappa shape index (κ1) is 20.7. The molecule has 1 aromatic carbocycles. The van der Waals surface area contributed by atoms with Gasteiger partial charge in [-0.1, -0.05) is 6.92 Å². The summed E-state index contributed by atoms with van der Waals surface area (Å²) in [6.45, 7) is 5.68. The molecule has 0 bridgehead atoms. The number of pyridine rings is 1. The lowest BCUT2D eigenvalue weighted by molar-refractivity contribution is 0.402. The number of fused-ring (bicyclic) bond motifs is 1. The summed E-state index contributed by atoms with van der Waals surface area (Å²) in [6.07, 6.45) is 2.54. The second-order valence-corrected chi connectivity index (χ2v) is 8.67. The number of hydrogen-bond donors (Lipinski definition) is 1. The van der Waals surface area contributed by atoms with Gasteiger partial charge in [-0.05, 0) is 43.5 Å². The Bertz CT molecular complexity index is 1290. The van der Waals surface area contributed by atoms with Crippen molar-refractivity contribution < 1.29 is 13.2 Å². The highest BCUT2D eigenvalue weighted by Crippen LogP contribution is 2.30. The van der Waals surface area contributed by atoms with Crippen LogP contribution >= 0.6 is 11.5 Å². The van der Waals surface area contributed by atoms with Gasteiger partial charge in [-0.15, -0.1) is 5.10 Å². The smallest absolute Gasteiger partial charge is 0.243 e. The zero-order chi connectivity index (χ0) is 22.4. The van der Waals surface area contributed by atoms with E-state index >= 15 is 0 Å². The quantitative estimate of drug-likeness (QED) is 0.459. The van der Waals surface area contributed by atoms with E-state index in [9.17, 15) is 13.2 Å². The van der Waals surface area contributed by atoms with Gasteiger partial charge in [0.15, 0.2) is 23.1 Å². The van der Waals surface area contributed by atoms with Crippen molar-refractivity contribution >= 4 is 28.3 Å². The van der Waals surface area contributed by atoms with Crippen LogP contribution in [0.1, 0.15) is 19.2 Å². The number of aryl methyl sites for hydroxylation is 1. The maximum atomic E-state index is 14.4. The molecule has 0 radical (unpaired) electrons. The number of nitrogens with one attached hydrogen (secondary N) is 1. The molecule has 166 valence electrons. The summed E-state index contributed by atoms with van der Waals surface area (Å²) in [5.41, 5.74) is 0.621. The van der Waals surface area contributed by atoms with Crippen molar-refractivity contribution in [1.29, 1.82) is 0 Å². The molecule has 2 atom stereocenters. The molecule has 7 nitrogen and oxygen atoms in total. The fourth-order valence-corrected chi connectivity index (χ4v) is 4.73. The topological polar surface area (TPSA) is 71.2 Å². The standard InChI is InChI=1S/C21H20F3N7S/c1-11-10-30(21-25-12(2)29-32-21)9-7-16(11)26-20-27-19-14(4-3-8-31(19)28-20)13-5-6-15(22)18(24)17(13)23/h3-6,8,11,16H,7,9-10H2,1-2H3,(H,26,28)/t11-,16+/m0/s1. The van der Waals surface area contributed by atoms with Crippen LogP contribution in [-0.4, -0.2) is 43.1 Å². The molecule has 1 saturated heterocycles. The molecule has 4 aromatic rings. The van der Waals surface area contributed by atoms with Gasteiger partial charge in [0.25, 0.3) is 0 Å². The van der Waals surface area contributed by atoms with Crippen LogP contribution in [0.5, 0.6) is 0 Å². The third-order valence-corrected chi connectivity index (χ3v) is 6.56. The molecule has 4 heterocycles. The van der Waals surface area contributed by atoms with Crippen molar-refractivity contribution in [3.63, 3.8) is 0 Å². The maximum absolute atomic E-state index is 14.4. The first-order chi connectivity index (χ1) is 15.4. The van der Waals surface area contributed by atoms with E-state index < -0.39 is 17.5 Å². The van der Waals surface area contributed by atoms with Gasteiger partial charge in [-0.2, -0.15) is 9.36 Å². The van der Waals surface area contributed by atoms with E-state index in [0.717, 1.165) is 36.5 Å². The monoisotopic (exact) mass is 459 g/mol. The number of hydrogen-bond acceptors (Lipinski definition) is 7. The zero-order valence-corrected chi connectivity index (χ0v) is 18.2. The fraction of sp³-hybridized carbons (Fsp3) is 0.333. The van der Waals surface area contributed by atoms with Gasteiger partial charge in [-0.25, -0.2) is 22.7 Å². The summed E-state index contributed by atoms with van der Waals surface area (Å²) < 4.78 is 47.3. The van der Waals surface area contributed by atoms with E-state index in [1.807, 2.05) is 6.92 Å². The summed E-state index contributed by atoms with van der Waals surface area (Å²) in [7, 11) is 0. The van der Waals surface area contributed by atoms with Gasteiger partial charge in [0, 0.05) is 48.0 Å². The van der Waals surface area contributed by atoms with Crippen molar-refractivity contribution in [2.45, 2.75) is 26.3 Å². The van der Waals surface area contributed by atoms with E-state index in [-0.39, 0.29) is 11.6 Å². The first-order valence-corrected chi connectivity index (χ1v) is 11.0. The minimum atomic E-state index is -1.51. The van der Waals surface area contributed by atoms with Gasteiger partial charge in [0.1, 0.15) is 5.82 Å². The number of halogens is 3. The predicted molar refractivity (Wildman–Crippen MR) is 116 cm³/mol. The molecule has 0 unspecified atom stereocenters. The van der Waals surface area contributed by atoms with Crippen molar-refractivity contribution in [2.24, 2.45) is 5.92 Å². The summed E-state index contributed by atoms with van der Waals surface area (Å²) in [6, 6.07) is 5.52. The molecule has 3 aromatic heterocycles. The molecule has 0 spiro atoms. The molecule has 0 saturated carbocycles. The van der Waals surface area contributed by atoms with Crippen LogP contribution in [0.15, 0.2) is 30.5 Å². The third-order valence-electron chi connectivity index (χ3n) is 5.69. The normalized spacial score (nSPS) is 19.0. The van der Waals surface area contributed by atoms with E-state index in [4.69, 9.17) is 0 Å². The van der Waals surface area contributed by atoms with Crippen LogP contribution in [0.2, 0.25) is 0 Å². The first-order valence-electron chi connectivity index (χ1n) is 10.2. The van der Waals surface area contributed by atoms with Gasteiger partial charge in [-0.3, -0.25) is 0 Å². The van der Waals surface area contributed by atoms with Crippen molar-refractivity contribution in [3.8, 4) is 11.1 Å². The molecule has 1 aliphatic rings. The molecule has 0 aliphatic carbocycles. The summed E-state index contributed by atoms with van der Waals surface area (Å²) >= 11 is 1.40. The highest BCUT2D eigenvalue weighted by atomic mass is 32.1. The van der Waals surface area contributed by atoms with Gasteiger partial charge in [0.2, 0.25) is 11.1 Å². The van der Waals surface area contributed by atoms with Gasteiger partial charge < -0.3 is 10.2 Å². The Labute approximate surface area is 186 Å². The molecular weight excluding hydrogens is 439 g/mol. The van der Waals surface area contributed by atoms with E-state index in [2.05, 4.69) is 36.6 Å². The molecular formula is C21H20F3N7S. The summed E-state index contributed by atoms with van der Waals surface area (Å²) in [5, 5.41) is 8.76. The average molecular weight is 460 g/mol. The number of piperidine rings is 1. The number of nitrogens with zero attached hydrogens (tertiary/aromatic N) is 6. The second kappa shape index (κ2) is 8.05. The second-order valence-electron chi connectivity index (χ2n) is 7.94. The third kappa shape index (κ3) is 3.66. The number of aromatic nitrogens is 5. The van der Waals surface area contributed by atoms with Gasteiger partial charge in [0.05, 0.1) is 0 Å². The largest absolute Gasteiger partial charge is 0.350 e. The maximum Gasteiger partial charge on any atom is 0.243 e. The van der Waals surface area contributed by atoms with Crippen molar-refractivity contribution in [3.05, 3.63) is 53.7 Å². The van der Waals surface area contributed by atoms with E-state index in [1.54, 1.807) is 18.3 Å². The Morgan fingerprint density at radius 1 is 1.09 bits per heavy atom. The van der Waals surface area contributed by atoms with Crippen LogP contribution in [0, 0.1) is 30.3 Å². The highest BCUT2D eigenvalue weighted by Gasteiger charge is 2.29. The fourth-order valence-electron chi connectivity index (χ4n) is 4.03. The zero-order valence-electron chi connectivity index (χ0n) is 17.4. The van der Waals surface area contributed by atoms with Crippen LogP contribution in [0.3, 0.4) is 0 Å². The predicted octanol–water partition coefficient (Wildman–Crippen LogP) is 4.30. The highest BCUT2D eigenvalue weighted by molar-refractivity contribution is 7.09. The van der Waals surface area contributed by atoms with Crippen LogP contribution in [0.25, 0.3) is 16.8 Å². The Kier molecular flexibility index (Phi) is 5.20. The Hall–Kier alpha value is -3.21. The Morgan fingerprint density at radius 2 is 1.94 bits per heavy atom. The van der Waals surface area contributed by atoms with E-state index in [0.29, 0.717) is 23.1 Å². The Morgan fingerprint density at radius 3 is 2.69 bits per heavy atom. The summed E-state index contributed by atoms with van der Waals surface area (Å²) in [5.74, 6) is -2.51. The SMILES string of the molecule is Cc1nsc(N2CC[C@@H](Nc3nc4c(-c5ccc(F)c(F)c5F)cccn4n3)[C@@H](C)C2)n1. The number of anilines is 2. The minimum Gasteiger partial charge on any atom is -0.350 e. The van der Waals surface area contributed by atoms with Gasteiger partial charge >= 0.3 is 0 Å². The lowest BCUT2D eigenvalue weighted by Gasteiger charge is -2.36. The van der Waals surface area contributed by atoms with Crippen molar-refractivity contribution in [2.75, 3.05) is 23.3 Å². The van der Waals surface area contributed by atoms with Crippen LogP contribution < -0.4 is 10.2 Å². The molecule has 32 heavy (non-hydrogen) atoms. The van der Waals surface area contributed by atoms with Crippen LogP contribution in [-0.2, 0) is 0 Å². The summed E-state index contributed by atoms with van der Waals surface area (Å²) in [4.78, 5) is 11.2. The average Bonchev–Trinajstić information content (AvgIpc) is 3.39. The molecule has 5 rings (SSSR count). The van der Waals surface area contributed by atoms with Crippen molar-refractivity contribution in [1.82, 2.24) is 24.0 Å². The molecule has 1 fully saturated rings. The Balaban J connectivity index is 1.38. The molecule has 11 heteroatoms. The van der Waals surface area contributed by atoms with E-state index in [1.165, 1.54) is 22.1 Å². The molecule has 1 N–H and O–H groups in total. The lowest BCUT2D eigenvalue weighted by atomic mass is 9.94. The van der Waals surface area contributed by atoms with Crippen LogP contribution in [0.4, 0.5) is 24.3 Å². The number of rotatable bonds is 4. The molecule has 1 aliphatic heterocycles.